The quantitative estimate of drug-likeness (QED) is 0.779. The number of amides is 1. The molecule has 3 nitrogen and oxygen atoms in total. The summed E-state index contributed by atoms with van der Waals surface area (Å²) in [5, 5.41) is 0.718. The van der Waals surface area contributed by atoms with Crippen LogP contribution in [0, 0.1) is 0 Å². The number of benzene rings is 1. The van der Waals surface area contributed by atoms with Crippen LogP contribution in [0.15, 0.2) is 48.8 Å². The number of rotatable bonds is 7. The fourth-order valence-electron chi connectivity index (χ4n) is 2.37. The number of halogens is 1. The van der Waals surface area contributed by atoms with Crippen molar-refractivity contribution in [1.82, 2.24) is 9.88 Å². The summed E-state index contributed by atoms with van der Waals surface area (Å²) in [4.78, 5) is 18.2. The van der Waals surface area contributed by atoms with Crippen molar-refractivity contribution in [2.75, 3.05) is 13.1 Å². The first-order valence-electron chi connectivity index (χ1n) is 7.60. The summed E-state index contributed by atoms with van der Waals surface area (Å²) in [6.45, 7) is 3.50. The molecule has 1 heterocycles. The van der Waals surface area contributed by atoms with Crippen molar-refractivity contribution in [3.63, 3.8) is 0 Å². The van der Waals surface area contributed by atoms with Gasteiger partial charge in [0.2, 0.25) is 5.91 Å². The molecule has 0 aliphatic carbocycles. The SMILES string of the molecule is CCN(CCc1ccncc1)C(=O)CCc1cccc(Cl)c1. The van der Waals surface area contributed by atoms with Gasteiger partial charge in [-0.15, -0.1) is 0 Å². The van der Waals surface area contributed by atoms with Crippen LogP contribution in [0.5, 0.6) is 0 Å². The summed E-state index contributed by atoms with van der Waals surface area (Å²) >= 11 is 5.97. The summed E-state index contributed by atoms with van der Waals surface area (Å²) < 4.78 is 0. The van der Waals surface area contributed by atoms with Crippen molar-refractivity contribution < 1.29 is 4.79 Å². The fraction of sp³-hybridized carbons (Fsp3) is 0.333. The highest BCUT2D eigenvalue weighted by Crippen LogP contribution is 2.13. The Kier molecular flexibility index (Phi) is 6.41. The van der Waals surface area contributed by atoms with Gasteiger partial charge in [-0.25, -0.2) is 0 Å². The van der Waals surface area contributed by atoms with Crippen molar-refractivity contribution in [2.45, 2.75) is 26.2 Å². The van der Waals surface area contributed by atoms with Gasteiger partial charge in [0.1, 0.15) is 0 Å². The van der Waals surface area contributed by atoms with Crippen LogP contribution >= 0.6 is 11.6 Å². The zero-order valence-corrected chi connectivity index (χ0v) is 13.6. The molecule has 0 N–H and O–H groups in total. The first-order valence-corrected chi connectivity index (χ1v) is 7.98. The number of likely N-dealkylation sites (N-methyl/N-ethyl adjacent to an activating group) is 1. The Bertz CT molecular complexity index is 601. The normalized spacial score (nSPS) is 10.5. The maximum atomic E-state index is 12.3. The first kappa shape index (κ1) is 16.5. The lowest BCUT2D eigenvalue weighted by Crippen LogP contribution is -2.32. The van der Waals surface area contributed by atoms with Crippen LogP contribution in [0.2, 0.25) is 5.02 Å². The third kappa shape index (κ3) is 5.15. The molecule has 0 atom stereocenters. The van der Waals surface area contributed by atoms with E-state index in [1.165, 1.54) is 5.56 Å². The monoisotopic (exact) mass is 316 g/mol. The number of aryl methyl sites for hydroxylation is 1. The highest BCUT2D eigenvalue weighted by atomic mass is 35.5. The number of carbonyl (C=O) groups is 1. The van der Waals surface area contributed by atoms with E-state index in [9.17, 15) is 4.79 Å². The molecule has 22 heavy (non-hydrogen) atoms. The Morgan fingerprint density at radius 3 is 2.59 bits per heavy atom. The molecule has 0 radical (unpaired) electrons. The summed E-state index contributed by atoms with van der Waals surface area (Å²) in [7, 11) is 0. The number of carbonyl (C=O) groups excluding carboxylic acids is 1. The van der Waals surface area contributed by atoms with E-state index in [1.807, 2.05) is 48.2 Å². The molecule has 1 aromatic carbocycles. The predicted octanol–water partition coefficient (Wildman–Crippen LogP) is 3.76. The molecule has 4 heteroatoms. The molecule has 0 fully saturated rings. The maximum absolute atomic E-state index is 12.3. The third-order valence-corrected chi connectivity index (χ3v) is 3.91. The van der Waals surface area contributed by atoms with Crippen molar-refractivity contribution in [1.29, 1.82) is 0 Å². The van der Waals surface area contributed by atoms with Crippen molar-refractivity contribution in [2.24, 2.45) is 0 Å². The van der Waals surface area contributed by atoms with Crippen molar-refractivity contribution >= 4 is 17.5 Å². The Labute approximate surface area is 136 Å². The van der Waals surface area contributed by atoms with Gasteiger partial charge in [-0.2, -0.15) is 0 Å². The van der Waals surface area contributed by atoms with Crippen LogP contribution in [-0.4, -0.2) is 28.9 Å². The van der Waals surface area contributed by atoms with E-state index < -0.39 is 0 Å². The minimum Gasteiger partial charge on any atom is -0.343 e. The molecule has 0 saturated heterocycles. The van der Waals surface area contributed by atoms with Gasteiger partial charge in [0.15, 0.2) is 0 Å². The minimum absolute atomic E-state index is 0.191. The standard InChI is InChI=1S/C18H21ClN2O/c1-2-21(13-10-15-8-11-20-12-9-15)18(22)7-6-16-4-3-5-17(19)14-16/h3-5,8-9,11-12,14H,2,6-7,10,13H2,1H3. The largest absolute Gasteiger partial charge is 0.343 e. The van der Waals surface area contributed by atoms with Gasteiger partial charge in [0.25, 0.3) is 0 Å². The second-order valence-electron chi connectivity index (χ2n) is 5.21. The Morgan fingerprint density at radius 2 is 1.91 bits per heavy atom. The minimum atomic E-state index is 0.191. The number of hydrogen-bond donors (Lipinski definition) is 0. The molecule has 0 aliphatic heterocycles. The van der Waals surface area contributed by atoms with Crippen LogP contribution in [0.4, 0.5) is 0 Å². The topological polar surface area (TPSA) is 33.2 Å². The van der Waals surface area contributed by atoms with Gasteiger partial charge in [-0.1, -0.05) is 23.7 Å². The highest BCUT2D eigenvalue weighted by Gasteiger charge is 2.11. The van der Waals surface area contributed by atoms with Gasteiger partial charge in [-0.3, -0.25) is 9.78 Å². The molecule has 116 valence electrons. The Morgan fingerprint density at radius 1 is 1.14 bits per heavy atom. The summed E-state index contributed by atoms with van der Waals surface area (Å²) in [6.07, 6.45) is 5.67. The van der Waals surface area contributed by atoms with E-state index >= 15 is 0 Å². The van der Waals surface area contributed by atoms with Crippen LogP contribution in [0.25, 0.3) is 0 Å². The molecule has 2 rings (SSSR count). The van der Waals surface area contributed by atoms with Gasteiger partial charge in [0.05, 0.1) is 0 Å². The van der Waals surface area contributed by atoms with Gasteiger partial charge < -0.3 is 4.90 Å². The molecule has 0 bridgehead atoms. The predicted molar refractivity (Wildman–Crippen MR) is 90.0 cm³/mol. The number of hydrogen-bond acceptors (Lipinski definition) is 2. The number of aromatic nitrogens is 1. The fourth-order valence-corrected chi connectivity index (χ4v) is 2.59. The summed E-state index contributed by atoms with van der Waals surface area (Å²) in [5.41, 5.74) is 2.31. The molecular formula is C18H21ClN2O. The highest BCUT2D eigenvalue weighted by molar-refractivity contribution is 6.30. The van der Waals surface area contributed by atoms with Gasteiger partial charge in [0, 0.05) is 36.9 Å². The second kappa shape index (κ2) is 8.54. The molecular weight excluding hydrogens is 296 g/mol. The third-order valence-electron chi connectivity index (χ3n) is 3.67. The lowest BCUT2D eigenvalue weighted by Gasteiger charge is -2.21. The van der Waals surface area contributed by atoms with E-state index in [0.717, 1.165) is 36.5 Å². The van der Waals surface area contributed by atoms with Crippen molar-refractivity contribution in [3.05, 3.63) is 64.9 Å². The van der Waals surface area contributed by atoms with Crippen LogP contribution in [0.1, 0.15) is 24.5 Å². The molecule has 2 aromatic rings. The maximum Gasteiger partial charge on any atom is 0.222 e. The van der Waals surface area contributed by atoms with E-state index in [4.69, 9.17) is 11.6 Å². The van der Waals surface area contributed by atoms with Crippen molar-refractivity contribution in [3.8, 4) is 0 Å². The van der Waals surface area contributed by atoms with E-state index in [2.05, 4.69) is 4.98 Å². The number of nitrogens with zero attached hydrogens (tertiary/aromatic N) is 2. The molecule has 1 aromatic heterocycles. The molecule has 0 aliphatic rings. The molecule has 0 unspecified atom stereocenters. The van der Waals surface area contributed by atoms with Gasteiger partial charge >= 0.3 is 0 Å². The van der Waals surface area contributed by atoms with E-state index in [-0.39, 0.29) is 5.91 Å². The zero-order chi connectivity index (χ0) is 15.8. The second-order valence-corrected chi connectivity index (χ2v) is 5.65. The molecule has 0 saturated carbocycles. The average molecular weight is 317 g/mol. The average Bonchev–Trinajstić information content (AvgIpc) is 2.54. The summed E-state index contributed by atoms with van der Waals surface area (Å²) in [6, 6.07) is 11.7. The smallest absolute Gasteiger partial charge is 0.222 e. The Hall–Kier alpha value is -1.87. The summed E-state index contributed by atoms with van der Waals surface area (Å²) in [5.74, 6) is 0.191. The lowest BCUT2D eigenvalue weighted by atomic mass is 10.1. The first-order chi connectivity index (χ1) is 10.7. The number of pyridine rings is 1. The lowest BCUT2D eigenvalue weighted by molar-refractivity contribution is -0.130. The molecule has 0 spiro atoms. The van der Waals surface area contributed by atoms with E-state index in [0.29, 0.717) is 6.42 Å². The van der Waals surface area contributed by atoms with E-state index in [1.54, 1.807) is 12.4 Å². The molecule has 1 amide bonds. The van der Waals surface area contributed by atoms with Crippen LogP contribution in [-0.2, 0) is 17.6 Å². The van der Waals surface area contributed by atoms with Crippen LogP contribution in [0.3, 0.4) is 0 Å². The Balaban J connectivity index is 1.83. The van der Waals surface area contributed by atoms with Gasteiger partial charge in [-0.05, 0) is 55.2 Å². The zero-order valence-electron chi connectivity index (χ0n) is 12.8. The van der Waals surface area contributed by atoms with Crippen LogP contribution < -0.4 is 0 Å².